The Kier molecular flexibility index (Phi) is 5.71. The Morgan fingerprint density at radius 3 is 2.41 bits per heavy atom. The Labute approximate surface area is 170 Å². The van der Waals surface area contributed by atoms with Gasteiger partial charge in [0.1, 0.15) is 5.69 Å². The van der Waals surface area contributed by atoms with Crippen LogP contribution in [0.15, 0.2) is 54.7 Å². The highest BCUT2D eigenvalue weighted by atomic mass is 16.4. The van der Waals surface area contributed by atoms with Gasteiger partial charge in [-0.2, -0.15) is 0 Å². The SMILES string of the molecule is CCCCc1ccc(-c2cn(-c3ccc(CN4CC(C(=O)O)C4)cc3)nn2)cc1. The number of hydrogen-bond acceptors (Lipinski definition) is 4. The van der Waals surface area contributed by atoms with E-state index in [1.54, 1.807) is 4.68 Å². The van der Waals surface area contributed by atoms with Gasteiger partial charge in [-0.25, -0.2) is 4.68 Å². The Bertz CT molecular complexity index is 957. The van der Waals surface area contributed by atoms with Crippen LogP contribution in [0.2, 0.25) is 0 Å². The van der Waals surface area contributed by atoms with E-state index < -0.39 is 5.97 Å². The summed E-state index contributed by atoms with van der Waals surface area (Å²) in [5, 5.41) is 17.6. The first-order valence-electron chi connectivity index (χ1n) is 10.2. The minimum Gasteiger partial charge on any atom is -0.481 e. The summed E-state index contributed by atoms with van der Waals surface area (Å²) in [5.41, 5.74) is 5.41. The Hall–Kier alpha value is -2.99. The molecule has 0 unspecified atom stereocenters. The zero-order valence-electron chi connectivity index (χ0n) is 16.7. The second-order valence-corrected chi connectivity index (χ2v) is 7.74. The van der Waals surface area contributed by atoms with Gasteiger partial charge in [-0.15, -0.1) is 5.10 Å². The number of aliphatic carboxylic acids is 1. The van der Waals surface area contributed by atoms with Crippen molar-refractivity contribution in [1.29, 1.82) is 0 Å². The van der Waals surface area contributed by atoms with Gasteiger partial charge in [0.25, 0.3) is 0 Å². The number of likely N-dealkylation sites (tertiary alicyclic amines) is 1. The van der Waals surface area contributed by atoms with Crippen molar-refractivity contribution in [2.75, 3.05) is 13.1 Å². The van der Waals surface area contributed by atoms with E-state index in [1.165, 1.54) is 24.0 Å². The average molecular weight is 390 g/mol. The number of rotatable bonds is 8. The molecule has 0 spiro atoms. The molecule has 2 aromatic carbocycles. The fourth-order valence-corrected chi connectivity index (χ4v) is 3.61. The van der Waals surface area contributed by atoms with E-state index in [4.69, 9.17) is 5.11 Å². The van der Waals surface area contributed by atoms with E-state index >= 15 is 0 Å². The van der Waals surface area contributed by atoms with Crippen molar-refractivity contribution in [3.05, 3.63) is 65.9 Å². The van der Waals surface area contributed by atoms with E-state index in [-0.39, 0.29) is 5.92 Å². The number of aryl methyl sites for hydroxylation is 1. The summed E-state index contributed by atoms with van der Waals surface area (Å²) in [6.45, 7) is 4.23. The maximum absolute atomic E-state index is 10.9. The standard InChI is InChI=1S/C23H26N4O2/c1-2-3-4-17-5-9-19(10-6-17)22-16-27(25-24-22)21-11-7-18(8-12-21)13-26-14-20(15-26)23(28)29/h5-12,16,20H,2-4,13-15H2,1H3,(H,28,29). The molecule has 2 heterocycles. The third-order valence-corrected chi connectivity index (χ3v) is 5.48. The highest BCUT2D eigenvalue weighted by molar-refractivity contribution is 5.71. The zero-order valence-corrected chi connectivity index (χ0v) is 16.7. The number of nitrogens with zero attached hydrogens (tertiary/aromatic N) is 4. The quantitative estimate of drug-likeness (QED) is 0.634. The van der Waals surface area contributed by atoms with Crippen molar-refractivity contribution in [1.82, 2.24) is 19.9 Å². The van der Waals surface area contributed by atoms with Crippen LogP contribution in [0.3, 0.4) is 0 Å². The molecule has 0 bridgehead atoms. The third-order valence-electron chi connectivity index (χ3n) is 5.48. The van der Waals surface area contributed by atoms with Crippen molar-refractivity contribution in [3.63, 3.8) is 0 Å². The highest BCUT2D eigenvalue weighted by Gasteiger charge is 2.32. The lowest BCUT2D eigenvalue weighted by Gasteiger charge is -2.36. The van der Waals surface area contributed by atoms with E-state index in [2.05, 4.69) is 58.5 Å². The van der Waals surface area contributed by atoms with Crippen LogP contribution in [-0.2, 0) is 17.8 Å². The molecule has 1 N–H and O–H groups in total. The molecule has 0 radical (unpaired) electrons. The summed E-state index contributed by atoms with van der Waals surface area (Å²) in [4.78, 5) is 13.0. The first-order chi connectivity index (χ1) is 14.1. The topological polar surface area (TPSA) is 71.2 Å². The number of carboxylic acid groups (broad SMARTS) is 1. The molecule has 0 amide bonds. The van der Waals surface area contributed by atoms with Gasteiger partial charge in [0.05, 0.1) is 17.8 Å². The highest BCUT2D eigenvalue weighted by Crippen LogP contribution is 2.21. The van der Waals surface area contributed by atoms with Crippen LogP contribution in [0.5, 0.6) is 0 Å². The predicted octanol–water partition coefficient (Wildman–Crippen LogP) is 3.79. The maximum atomic E-state index is 10.9. The fourth-order valence-electron chi connectivity index (χ4n) is 3.61. The van der Waals surface area contributed by atoms with Gasteiger partial charge < -0.3 is 5.11 Å². The van der Waals surface area contributed by atoms with Crippen LogP contribution in [0, 0.1) is 5.92 Å². The van der Waals surface area contributed by atoms with Gasteiger partial charge >= 0.3 is 5.97 Å². The van der Waals surface area contributed by atoms with Crippen molar-refractivity contribution in [3.8, 4) is 16.9 Å². The average Bonchev–Trinajstić information content (AvgIpc) is 3.19. The number of carboxylic acids is 1. The molecule has 1 aromatic heterocycles. The normalized spacial score (nSPS) is 14.7. The molecule has 4 rings (SSSR count). The molecule has 0 atom stereocenters. The molecule has 1 aliphatic heterocycles. The molecule has 6 heteroatoms. The van der Waals surface area contributed by atoms with Crippen LogP contribution < -0.4 is 0 Å². The van der Waals surface area contributed by atoms with Crippen LogP contribution in [-0.4, -0.2) is 44.1 Å². The first kappa shape index (κ1) is 19.3. The van der Waals surface area contributed by atoms with E-state index in [1.807, 2.05) is 18.3 Å². The van der Waals surface area contributed by atoms with Crippen molar-refractivity contribution >= 4 is 5.97 Å². The van der Waals surface area contributed by atoms with Crippen molar-refractivity contribution < 1.29 is 9.90 Å². The van der Waals surface area contributed by atoms with E-state index in [9.17, 15) is 4.79 Å². The fraction of sp³-hybridized carbons (Fsp3) is 0.348. The number of hydrogen-bond donors (Lipinski definition) is 1. The van der Waals surface area contributed by atoms with Gasteiger partial charge in [0.15, 0.2) is 0 Å². The second-order valence-electron chi connectivity index (χ2n) is 7.74. The second kappa shape index (κ2) is 8.57. The van der Waals surface area contributed by atoms with Crippen LogP contribution in [0.1, 0.15) is 30.9 Å². The molecule has 29 heavy (non-hydrogen) atoms. The number of unbranched alkanes of at least 4 members (excludes halogenated alkanes) is 1. The smallest absolute Gasteiger partial charge is 0.309 e. The molecule has 0 saturated carbocycles. The lowest BCUT2D eigenvalue weighted by molar-refractivity contribution is -0.147. The number of carbonyl (C=O) groups is 1. The zero-order chi connectivity index (χ0) is 20.2. The summed E-state index contributed by atoms with van der Waals surface area (Å²) in [7, 11) is 0. The monoisotopic (exact) mass is 390 g/mol. The number of aromatic nitrogens is 3. The minimum absolute atomic E-state index is 0.219. The van der Waals surface area contributed by atoms with Crippen LogP contribution in [0.4, 0.5) is 0 Å². The summed E-state index contributed by atoms with van der Waals surface area (Å²) < 4.78 is 1.79. The summed E-state index contributed by atoms with van der Waals surface area (Å²) >= 11 is 0. The minimum atomic E-state index is -0.700. The maximum Gasteiger partial charge on any atom is 0.309 e. The Balaban J connectivity index is 1.38. The Morgan fingerprint density at radius 1 is 1.07 bits per heavy atom. The molecule has 150 valence electrons. The van der Waals surface area contributed by atoms with E-state index in [0.717, 1.165) is 29.9 Å². The molecule has 1 saturated heterocycles. The lowest BCUT2D eigenvalue weighted by atomic mass is 9.99. The van der Waals surface area contributed by atoms with Gasteiger partial charge in [-0.1, -0.05) is 55.0 Å². The van der Waals surface area contributed by atoms with Gasteiger partial charge in [0, 0.05) is 25.2 Å². The molecule has 6 nitrogen and oxygen atoms in total. The summed E-state index contributed by atoms with van der Waals surface area (Å²) in [6.07, 6.45) is 5.48. The van der Waals surface area contributed by atoms with Crippen molar-refractivity contribution in [2.24, 2.45) is 5.92 Å². The number of benzene rings is 2. The molecule has 3 aromatic rings. The van der Waals surface area contributed by atoms with Gasteiger partial charge in [0.2, 0.25) is 0 Å². The van der Waals surface area contributed by atoms with Crippen LogP contribution in [0.25, 0.3) is 16.9 Å². The summed E-state index contributed by atoms with van der Waals surface area (Å²) in [6, 6.07) is 16.7. The predicted molar refractivity (Wildman–Crippen MR) is 112 cm³/mol. The molecule has 0 aliphatic carbocycles. The van der Waals surface area contributed by atoms with Crippen molar-refractivity contribution in [2.45, 2.75) is 32.7 Å². The third kappa shape index (κ3) is 4.54. The van der Waals surface area contributed by atoms with Crippen LogP contribution >= 0.6 is 0 Å². The largest absolute Gasteiger partial charge is 0.481 e. The van der Waals surface area contributed by atoms with Gasteiger partial charge in [-0.05, 0) is 36.1 Å². The first-order valence-corrected chi connectivity index (χ1v) is 10.2. The molecule has 1 fully saturated rings. The molecular formula is C23H26N4O2. The Morgan fingerprint density at radius 2 is 1.76 bits per heavy atom. The summed E-state index contributed by atoms with van der Waals surface area (Å²) in [5.74, 6) is -0.919. The molecular weight excluding hydrogens is 364 g/mol. The van der Waals surface area contributed by atoms with E-state index in [0.29, 0.717) is 13.1 Å². The van der Waals surface area contributed by atoms with Gasteiger partial charge in [-0.3, -0.25) is 9.69 Å². The molecule has 1 aliphatic rings. The lowest BCUT2D eigenvalue weighted by Crippen LogP contribution is -2.49.